The Balaban J connectivity index is 1.90. The van der Waals surface area contributed by atoms with Crippen molar-refractivity contribution in [3.63, 3.8) is 0 Å². The number of rotatable bonds is 4. The van der Waals surface area contributed by atoms with Gasteiger partial charge >= 0.3 is 0 Å². The average Bonchev–Trinajstić information content (AvgIpc) is 2.83. The van der Waals surface area contributed by atoms with Crippen LogP contribution in [0.4, 0.5) is 0 Å². The van der Waals surface area contributed by atoms with Gasteiger partial charge in [-0.25, -0.2) is 0 Å². The number of nitrogens with zero attached hydrogens (tertiary/aromatic N) is 2. The van der Waals surface area contributed by atoms with Gasteiger partial charge in [-0.2, -0.15) is 5.10 Å². The van der Waals surface area contributed by atoms with Crippen LogP contribution in [0.2, 0.25) is 0 Å². The lowest BCUT2D eigenvalue weighted by molar-refractivity contribution is 0.0945. The zero-order chi connectivity index (χ0) is 13.0. The van der Waals surface area contributed by atoms with Gasteiger partial charge in [-0.3, -0.25) is 9.48 Å². The van der Waals surface area contributed by atoms with Gasteiger partial charge in [-0.15, -0.1) is 0 Å². The van der Waals surface area contributed by atoms with Crippen LogP contribution in [-0.4, -0.2) is 22.2 Å². The molecule has 1 aromatic carbocycles. The number of nitrogens with one attached hydrogen (secondary N) is 1. The summed E-state index contributed by atoms with van der Waals surface area (Å²) in [5, 5.41) is 6.80. The fourth-order valence-corrected chi connectivity index (χ4v) is 1.65. The van der Waals surface area contributed by atoms with Gasteiger partial charge < -0.3 is 11.1 Å². The fourth-order valence-electron chi connectivity index (χ4n) is 1.65. The molecule has 0 aliphatic rings. The average molecular weight is 244 g/mol. The number of carbonyl (C=O) groups excluding carboxylic acids is 1. The van der Waals surface area contributed by atoms with Gasteiger partial charge in [0.05, 0.1) is 0 Å². The van der Waals surface area contributed by atoms with E-state index in [2.05, 4.69) is 10.4 Å². The molecule has 0 fully saturated rings. The fraction of sp³-hybridized carbons (Fsp3) is 0.231. The van der Waals surface area contributed by atoms with Crippen molar-refractivity contribution in [3.8, 4) is 0 Å². The van der Waals surface area contributed by atoms with E-state index in [0.717, 1.165) is 5.56 Å². The van der Waals surface area contributed by atoms with Crippen LogP contribution in [0.1, 0.15) is 22.1 Å². The number of aryl methyl sites for hydroxylation is 1. The van der Waals surface area contributed by atoms with Crippen LogP contribution in [0.25, 0.3) is 0 Å². The van der Waals surface area contributed by atoms with Crippen LogP contribution >= 0.6 is 0 Å². The lowest BCUT2D eigenvalue weighted by Gasteiger charge is -2.12. The van der Waals surface area contributed by atoms with Crippen molar-refractivity contribution >= 4 is 5.91 Å². The molecule has 0 saturated carbocycles. The molecule has 1 aromatic heterocycles. The Hall–Kier alpha value is -2.14. The first kappa shape index (κ1) is 12.3. The van der Waals surface area contributed by atoms with Crippen molar-refractivity contribution in [1.29, 1.82) is 0 Å². The summed E-state index contributed by atoms with van der Waals surface area (Å²) in [6.07, 6.45) is 1.73. The highest BCUT2D eigenvalue weighted by Gasteiger charge is 2.11. The van der Waals surface area contributed by atoms with Gasteiger partial charge in [0.15, 0.2) is 0 Å². The Morgan fingerprint density at radius 1 is 1.39 bits per heavy atom. The quantitative estimate of drug-likeness (QED) is 0.837. The number of benzene rings is 1. The molecule has 3 N–H and O–H groups in total. The molecule has 2 aromatic rings. The molecule has 0 spiro atoms. The van der Waals surface area contributed by atoms with E-state index in [1.807, 2.05) is 30.3 Å². The van der Waals surface area contributed by atoms with E-state index < -0.39 is 0 Å². The van der Waals surface area contributed by atoms with Crippen LogP contribution < -0.4 is 11.1 Å². The van der Waals surface area contributed by atoms with Crippen molar-refractivity contribution in [2.75, 3.05) is 6.54 Å². The summed E-state index contributed by atoms with van der Waals surface area (Å²) in [5.41, 5.74) is 7.39. The Bertz CT molecular complexity index is 521. The molecule has 0 aliphatic carbocycles. The predicted molar refractivity (Wildman–Crippen MR) is 68.9 cm³/mol. The molecule has 0 aliphatic heterocycles. The van der Waals surface area contributed by atoms with E-state index in [0.29, 0.717) is 12.2 Å². The van der Waals surface area contributed by atoms with Crippen molar-refractivity contribution in [2.24, 2.45) is 12.8 Å². The highest BCUT2D eigenvalue weighted by molar-refractivity contribution is 5.92. The van der Waals surface area contributed by atoms with E-state index in [1.54, 1.807) is 24.0 Å². The molecule has 1 unspecified atom stereocenters. The molecule has 1 heterocycles. The van der Waals surface area contributed by atoms with Crippen molar-refractivity contribution in [1.82, 2.24) is 15.1 Å². The van der Waals surface area contributed by atoms with Crippen LogP contribution in [0.5, 0.6) is 0 Å². The van der Waals surface area contributed by atoms with Crippen LogP contribution in [0.3, 0.4) is 0 Å². The molecule has 0 saturated heterocycles. The first-order chi connectivity index (χ1) is 8.66. The van der Waals surface area contributed by atoms with Gasteiger partial charge in [0.25, 0.3) is 5.91 Å². The number of carbonyl (C=O) groups is 1. The maximum atomic E-state index is 11.8. The Morgan fingerprint density at radius 3 is 2.72 bits per heavy atom. The minimum absolute atomic E-state index is 0.206. The number of aromatic nitrogens is 2. The molecule has 0 bridgehead atoms. The summed E-state index contributed by atoms with van der Waals surface area (Å²) in [5.74, 6) is -0.206. The van der Waals surface area contributed by atoms with E-state index in [-0.39, 0.29) is 11.9 Å². The Morgan fingerprint density at radius 2 is 2.11 bits per heavy atom. The van der Waals surface area contributed by atoms with E-state index >= 15 is 0 Å². The number of hydrogen-bond donors (Lipinski definition) is 2. The summed E-state index contributed by atoms with van der Waals surface area (Å²) in [6, 6.07) is 11.1. The second-order valence-electron chi connectivity index (χ2n) is 4.10. The standard InChI is InChI=1S/C13H16N4O/c1-17-8-7-12(16-17)13(18)15-9-11(14)10-5-3-2-4-6-10/h2-8,11H,9,14H2,1H3,(H,15,18). The van der Waals surface area contributed by atoms with E-state index in [4.69, 9.17) is 5.73 Å². The van der Waals surface area contributed by atoms with Crippen molar-refractivity contribution < 1.29 is 4.79 Å². The Labute approximate surface area is 106 Å². The zero-order valence-electron chi connectivity index (χ0n) is 10.2. The van der Waals surface area contributed by atoms with E-state index in [9.17, 15) is 4.79 Å². The first-order valence-electron chi connectivity index (χ1n) is 5.75. The molecule has 5 nitrogen and oxygen atoms in total. The van der Waals surface area contributed by atoms with E-state index in [1.165, 1.54) is 0 Å². The molecule has 1 amide bonds. The smallest absolute Gasteiger partial charge is 0.271 e. The molecule has 1 atom stereocenters. The van der Waals surface area contributed by atoms with Crippen LogP contribution in [0.15, 0.2) is 42.6 Å². The van der Waals surface area contributed by atoms with Crippen LogP contribution in [0, 0.1) is 0 Å². The third-order valence-corrected chi connectivity index (χ3v) is 2.66. The third-order valence-electron chi connectivity index (χ3n) is 2.66. The Kier molecular flexibility index (Phi) is 3.74. The van der Waals surface area contributed by atoms with Gasteiger partial charge in [0.2, 0.25) is 0 Å². The maximum absolute atomic E-state index is 11.8. The normalized spacial score (nSPS) is 12.1. The van der Waals surface area contributed by atoms with Crippen molar-refractivity contribution in [2.45, 2.75) is 6.04 Å². The third kappa shape index (κ3) is 2.95. The molecule has 5 heteroatoms. The molecule has 18 heavy (non-hydrogen) atoms. The molecule has 2 rings (SSSR count). The molecule has 94 valence electrons. The largest absolute Gasteiger partial charge is 0.349 e. The van der Waals surface area contributed by atoms with Crippen molar-refractivity contribution in [3.05, 3.63) is 53.9 Å². The second kappa shape index (κ2) is 5.46. The summed E-state index contributed by atoms with van der Waals surface area (Å²) >= 11 is 0. The van der Waals surface area contributed by atoms with Gasteiger partial charge in [0, 0.05) is 25.8 Å². The first-order valence-corrected chi connectivity index (χ1v) is 5.75. The van der Waals surface area contributed by atoms with Crippen LogP contribution in [-0.2, 0) is 7.05 Å². The summed E-state index contributed by atoms with van der Waals surface area (Å²) in [4.78, 5) is 11.8. The minimum Gasteiger partial charge on any atom is -0.349 e. The molecular formula is C13H16N4O. The number of nitrogens with two attached hydrogens (primary N) is 1. The summed E-state index contributed by atoms with van der Waals surface area (Å²) in [7, 11) is 1.77. The highest BCUT2D eigenvalue weighted by Crippen LogP contribution is 2.08. The minimum atomic E-state index is -0.209. The maximum Gasteiger partial charge on any atom is 0.271 e. The summed E-state index contributed by atoms with van der Waals surface area (Å²) < 4.78 is 1.59. The van der Waals surface area contributed by atoms with Gasteiger partial charge in [-0.1, -0.05) is 30.3 Å². The zero-order valence-corrected chi connectivity index (χ0v) is 10.2. The summed E-state index contributed by atoms with van der Waals surface area (Å²) in [6.45, 7) is 0.388. The molecule has 0 radical (unpaired) electrons. The number of hydrogen-bond acceptors (Lipinski definition) is 3. The SMILES string of the molecule is Cn1ccc(C(=O)NCC(N)c2ccccc2)n1. The molecular weight excluding hydrogens is 228 g/mol. The van der Waals surface area contributed by atoms with Gasteiger partial charge in [-0.05, 0) is 11.6 Å². The highest BCUT2D eigenvalue weighted by atomic mass is 16.1. The number of amides is 1. The topological polar surface area (TPSA) is 72.9 Å². The predicted octanol–water partition coefficient (Wildman–Crippen LogP) is 0.850. The lowest BCUT2D eigenvalue weighted by Crippen LogP contribution is -2.32. The van der Waals surface area contributed by atoms with Gasteiger partial charge in [0.1, 0.15) is 5.69 Å². The second-order valence-corrected chi connectivity index (χ2v) is 4.10. The monoisotopic (exact) mass is 244 g/mol. The lowest BCUT2D eigenvalue weighted by atomic mass is 10.1.